The normalized spacial score (nSPS) is 21.1. The van der Waals surface area contributed by atoms with Crippen molar-refractivity contribution < 1.29 is 17.5 Å². The van der Waals surface area contributed by atoms with Crippen LogP contribution in [-0.4, -0.2) is 54.1 Å². The van der Waals surface area contributed by atoms with E-state index in [1.54, 1.807) is 19.0 Å². The van der Waals surface area contributed by atoms with Gasteiger partial charge in [0.15, 0.2) is 0 Å². The molecule has 0 heterocycles. The van der Waals surface area contributed by atoms with E-state index in [1.807, 2.05) is 0 Å². The molecule has 0 aliphatic rings. The van der Waals surface area contributed by atoms with Crippen LogP contribution in [0.4, 0.5) is 0 Å². The number of hydrogen-bond acceptors (Lipinski definition) is 6. The van der Waals surface area contributed by atoms with E-state index in [4.69, 9.17) is 9.11 Å². The van der Waals surface area contributed by atoms with Crippen molar-refractivity contribution in [3.63, 3.8) is 0 Å². The van der Waals surface area contributed by atoms with E-state index in [-0.39, 0.29) is 17.7 Å². The summed E-state index contributed by atoms with van der Waals surface area (Å²) in [6.45, 7) is 0. The maximum absolute atomic E-state index is 10.9. The van der Waals surface area contributed by atoms with Crippen LogP contribution in [0, 0.1) is 0 Å². The summed E-state index contributed by atoms with van der Waals surface area (Å²) in [6, 6.07) is -0.556. The second-order valence-electron chi connectivity index (χ2n) is 3.11. The second kappa shape index (κ2) is 6.35. The zero-order valence-electron chi connectivity index (χ0n) is 8.49. The molecule has 0 aromatic rings. The summed E-state index contributed by atoms with van der Waals surface area (Å²) in [5, 5.41) is 0. The summed E-state index contributed by atoms with van der Waals surface area (Å²) < 4.78 is 39.7. The molecule has 5 N–H and O–H groups in total. The molecule has 94 valence electrons. The number of nitrogens with zero attached hydrogens (tertiary/aromatic N) is 1. The topological polar surface area (TPSA) is 113 Å². The number of rotatable bonds is 5. The molecule has 10 heteroatoms. The molecule has 0 rings (SSSR count). The van der Waals surface area contributed by atoms with E-state index >= 15 is 0 Å². The van der Waals surface area contributed by atoms with Gasteiger partial charge in [0.25, 0.3) is 0 Å². The Bertz CT molecular complexity index is 340. The van der Waals surface area contributed by atoms with Gasteiger partial charge in [-0.05, 0) is 14.1 Å². The van der Waals surface area contributed by atoms with Crippen LogP contribution in [0.5, 0.6) is 0 Å². The molecule has 0 saturated heterocycles. The van der Waals surface area contributed by atoms with Crippen molar-refractivity contribution in [2.75, 3.05) is 25.6 Å². The summed E-state index contributed by atoms with van der Waals surface area (Å²) >= 11 is 8.64. The Morgan fingerprint density at radius 2 is 1.40 bits per heavy atom. The highest BCUT2D eigenvalue weighted by atomic mass is 32.8. The Kier molecular flexibility index (Phi) is 7.60. The van der Waals surface area contributed by atoms with Crippen LogP contribution in [0.25, 0.3) is 0 Å². The monoisotopic (exact) mass is 296 g/mol. The summed E-state index contributed by atoms with van der Waals surface area (Å²) in [5.74, 6) is -0.465. The molecule has 0 radical (unpaired) electrons. The third-order valence-corrected chi connectivity index (χ3v) is 3.96. The van der Waals surface area contributed by atoms with Crippen molar-refractivity contribution in [3.05, 3.63) is 0 Å². The average Bonchev–Trinajstić information content (AvgIpc) is 1.78. The fraction of sp³-hybridized carbons (Fsp3) is 1.00. The molecule has 0 aromatic carbocycles. The Balaban J connectivity index is 0. The summed E-state index contributed by atoms with van der Waals surface area (Å²) in [4.78, 5) is 1.56. The first-order valence-corrected chi connectivity index (χ1v) is 8.80. The molecule has 0 bridgehead atoms. The highest BCUT2D eigenvalue weighted by molar-refractivity contribution is 8.30. The van der Waals surface area contributed by atoms with Gasteiger partial charge < -0.3 is 20.2 Å². The van der Waals surface area contributed by atoms with E-state index in [0.29, 0.717) is 0 Å². The van der Waals surface area contributed by atoms with Crippen LogP contribution in [0.2, 0.25) is 0 Å². The first-order chi connectivity index (χ1) is 6.01. The van der Waals surface area contributed by atoms with Gasteiger partial charge in [0.1, 0.15) is 17.5 Å². The molecule has 0 aliphatic heterocycles. The number of hydrogen-bond donors (Lipinski definition) is 3. The quantitative estimate of drug-likeness (QED) is 0.623. The van der Waals surface area contributed by atoms with Crippen molar-refractivity contribution in [3.8, 4) is 0 Å². The van der Waals surface area contributed by atoms with Gasteiger partial charge in [-0.25, -0.2) is 8.42 Å². The third kappa shape index (κ3) is 10.9. The molecule has 0 saturated carbocycles. The van der Waals surface area contributed by atoms with Gasteiger partial charge in [-0.15, -0.1) is 0 Å². The van der Waals surface area contributed by atoms with Gasteiger partial charge in [-0.1, -0.05) is 0 Å². The molecular weight excluding hydrogens is 280 g/mol. The fourth-order valence-corrected chi connectivity index (χ4v) is 3.73. The maximum Gasteiger partial charge on any atom is 0.143 e. The Morgan fingerprint density at radius 3 is 1.53 bits per heavy atom. The van der Waals surface area contributed by atoms with E-state index in [2.05, 4.69) is 22.4 Å². The first kappa shape index (κ1) is 18.0. The summed E-state index contributed by atoms with van der Waals surface area (Å²) in [5.41, 5.74) is 0. The van der Waals surface area contributed by atoms with Crippen molar-refractivity contribution in [2.45, 2.75) is 6.04 Å². The first-order valence-electron chi connectivity index (χ1n) is 3.58. The lowest BCUT2D eigenvalue weighted by atomic mass is 10.4. The average molecular weight is 296 g/mol. The minimum Gasteiger partial charge on any atom is -0.344 e. The van der Waals surface area contributed by atoms with Gasteiger partial charge in [0.2, 0.25) is 0 Å². The van der Waals surface area contributed by atoms with Crippen molar-refractivity contribution in [1.82, 2.24) is 11.1 Å². The largest absolute Gasteiger partial charge is 0.344 e. The van der Waals surface area contributed by atoms with Gasteiger partial charge in [-0.3, -0.25) is 0 Å². The Labute approximate surface area is 100 Å². The molecule has 15 heavy (non-hydrogen) atoms. The molecule has 0 fully saturated rings. The fourth-order valence-electron chi connectivity index (χ4n) is 0.832. The minimum atomic E-state index is -3.33. The van der Waals surface area contributed by atoms with Crippen LogP contribution in [0.3, 0.4) is 0 Å². The van der Waals surface area contributed by atoms with E-state index in [1.165, 1.54) is 0 Å². The van der Waals surface area contributed by atoms with Crippen molar-refractivity contribution >= 4 is 39.9 Å². The van der Waals surface area contributed by atoms with Crippen LogP contribution >= 0.6 is 0 Å². The zero-order valence-corrected chi connectivity index (χ0v) is 11.8. The molecule has 0 spiro atoms. The van der Waals surface area contributed by atoms with Gasteiger partial charge in [0, 0.05) is 28.4 Å². The SMILES string of the molecule is CN(C)C(CS(=O)(O)=S)CS(=O)(O)=S.N. The predicted molar refractivity (Wildman–Crippen MR) is 68.5 cm³/mol. The molecule has 0 amide bonds. The lowest BCUT2D eigenvalue weighted by molar-refractivity contribution is 0.334. The molecular formula is C5H16N2O4S4. The van der Waals surface area contributed by atoms with Crippen LogP contribution < -0.4 is 6.15 Å². The maximum atomic E-state index is 10.9. The van der Waals surface area contributed by atoms with E-state index in [0.717, 1.165) is 0 Å². The van der Waals surface area contributed by atoms with Crippen LogP contribution in [0.15, 0.2) is 0 Å². The predicted octanol–water partition coefficient (Wildman–Crippen LogP) is -0.483. The zero-order chi connectivity index (χ0) is 11.6. The van der Waals surface area contributed by atoms with Gasteiger partial charge >= 0.3 is 0 Å². The highest BCUT2D eigenvalue weighted by Gasteiger charge is 2.20. The van der Waals surface area contributed by atoms with E-state index in [9.17, 15) is 8.42 Å². The van der Waals surface area contributed by atoms with E-state index < -0.39 is 23.6 Å². The van der Waals surface area contributed by atoms with Crippen molar-refractivity contribution in [1.29, 1.82) is 0 Å². The van der Waals surface area contributed by atoms with Crippen LogP contribution in [0.1, 0.15) is 0 Å². The Hall–Kier alpha value is 0.580. The second-order valence-corrected chi connectivity index (χ2v) is 9.23. The van der Waals surface area contributed by atoms with Gasteiger partial charge in [-0.2, -0.15) is 0 Å². The Morgan fingerprint density at radius 1 is 1.13 bits per heavy atom. The minimum absolute atomic E-state index is 0. The highest BCUT2D eigenvalue weighted by Crippen LogP contribution is 2.02. The van der Waals surface area contributed by atoms with Crippen molar-refractivity contribution in [2.24, 2.45) is 0 Å². The smallest absolute Gasteiger partial charge is 0.143 e. The molecule has 0 aliphatic carbocycles. The molecule has 2 unspecified atom stereocenters. The molecule has 2 atom stereocenters. The summed E-state index contributed by atoms with van der Waals surface area (Å²) in [7, 11) is -3.40. The lowest BCUT2D eigenvalue weighted by Crippen LogP contribution is -2.39. The molecule has 6 nitrogen and oxygen atoms in total. The third-order valence-electron chi connectivity index (χ3n) is 1.54. The molecule has 0 aromatic heterocycles. The standard InChI is InChI=1S/C5H13NO4S4.H3N/c1-6(2)5(3-13(7,8)11)4-14(9,10)12;/h5H,3-4H2,1-2H3,(H,7,8,11)(H,9,10,12);1H3. The van der Waals surface area contributed by atoms with Gasteiger partial charge in [0.05, 0.1) is 11.5 Å². The summed E-state index contributed by atoms with van der Waals surface area (Å²) in [6.07, 6.45) is 0. The van der Waals surface area contributed by atoms with Crippen LogP contribution in [-0.2, 0) is 39.9 Å². The lowest BCUT2D eigenvalue weighted by Gasteiger charge is -2.22.